The van der Waals surface area contributed by atoms with Gasteiger partial charge in [0.05, 0.1) is 12.8 Å². The summed E-state index contributed by atoms with van der Waals surface area (Å²) in [6.45, 7) is 0.877. The second-order valence-electron chi connectivity index (χ2n) is 3.02. The number of thiazole rings is 1. The summed E-state index contributed by atoms with van der Waals surface area (Å²) in [4.78, 5) is 3.75. The SMILES string of the molecule is CC(O)(CO)c1ncc(S(=N)(N)=O)s1. The van der Waals surface area contributed by atoms with E-state index in [0.717, 1.165) is 11.3 Å². The van der Waals surface area contributed by atoms with E-state index in [1.807, 2.05) is 0 Å². The van der Waals surface area contributed by atoms with Gasteiger partial charge in [-0.05, 0) is 6.92 Å². The molecule has 0 bridgehead atoms. The summed E-state index contributed by atoms with van der Waals surface area (Å²) in [5.74, 6) is 0. The van der Waals surface area contributed by atoms with Crippen molar-refractivity contribution in [2.75, 3.05) is 6.61 Å². The van der Waals surface area contributed by atoms with Gasteiger partial charge < -0.3 is 10.2 Å². The minimum absolute atomic E-state index is 0.0845. The van der Waals surface area contributed by atoms with Crippen molar-refractivity contribution in [3.8, 4) is 0 Å². The van der Waals surface area contributed by atoms with E-state index in [4.69, 9.17) is 15.0 Å². The zero-order valence-electron chi connectivity index (χ0n) is 7.43. The zero-order valence-corrected chi connectivity index (χ0v) is 9.06. The van der Waals surface area contributed by atoms with Gasteiger partial charge in [-0.3, -0.25) is 0 Å². The van der Waals surface area contributed by atoms with E-state index in [-0.39, 0.29) is 9.22 Å². The van der Waals surface area contributed by atoms with Crippen LogP contribution in [0.15, 0.2) is 10.4 Å². The van der Waals surface area contributed by atoms with E-state index in [2.05, 4.69) is 4.98 Å². The highest BCUT2D eigenvalue weighted by molar-refractivity contribution is 7.92. The highest BCUT2D eigenvalue weighted by Crippen LogP contribution is 2.26. The third kappa shape index (κ3) is 2.28. The lowest BCUT2D eigenvalue weighted by Crippen LogP contribution is -2.25. The Morgan fingerprint density at radius 1 is 1.86 bits per heavy atom. The quantitative estimate of drug-likeness (QED) is 0.572. The molecule has 0 spiro atoms. The third-order valence-electron chi connectivity index (χ3n) is 1.55. The van der Waals surface area contributed by atoms with Gasteiger partial charge in [-0.15, -0.1) is 11.3 Å². The molecule has 0 aromatic carbocycles. The van der Waals surface area contributed by atoms with Gasteiger partial charge in [-0.1, -0.05) is 0 Å². The number of nitrogens with zero attached hydrogens (tertiary/aromatic N) is 1. The summed E-state index contributed by atoms with van der Waals surface area (Å²) in [6.07, 6.45) is 1.18. The minimum Gasteiger partial charge on any atom is -0.393 e. The van der Waals surface area contributed by atoms with E-state index in [0.29, 0.717) is 0 Å². The summed E-state index contributed by atoms with van der Waals surface area (Å²) in [5.41, 5.74) is -1.48. The van der Waals surface area contributed by atoms with Crippen molar-refractivity contribution in [2.45, 2.75) is 16.7 Å². The van der Waals surface area contributed by atoms with Crippen molar-refractivity contribution in [1.82, 2.24) is 4.98 Å². The molecule has 0 amide bonds. The first kappa shape index (κ1) is 11.5. The number of hydrogen-bond acceptors (Lipinski definition) is 6. The van der Waals surface area contributed by atoms with Crippen LogP contribution in [0.1, 0.15) is 11.9 Å². The van der Waals surface area contributed by atoms with Crippen molar-refractivity contribution in [2.24, 2.45) is 5.14 Å². The van der Waals surface area contributed by atoms with Crippen LogP contribution in [0.25, 0.3) is 0 Å². The van der Waals surface area contributed by atoms with Gasteiger partial charge in [0.1, 0.15) is 24.7 Å². The second-order valence-corrected chi connectivity index (χ2v) is 5.95. The van der Waals surface area contributed by atoms with Crippen molar-refractivity contribution in [3.05, 3.63) is 11.2 Å². The molecule has 80 valence electrons. The molecule has 0 aliphatic rings. The Morgan fingerprint density at radius 3 is 2.79 bits per heavy atom. The molecule has 0 aliphatic carbocycles. The van der Waals surface area contributed by atoms with Crippen LogP contribution in [0.3, 0.4) is 0 Å². The molecule has 0 saturated heterocycles. The van der Waals surface area contributed by atoms with E-state index in [1.54, 1.807) is 0 Å². The van der Waals surface area contributed by atoms with Gasteiger partial charge in [-0.25, -0.2) is 19.1 Å². The summed E-state index contributed by atoms with van der Waals surface area (Å²) >= 11 is 0.862. The van der Waals surface area contributed by atoms with Crippen molar-refractivity contribution in [1.29, 1.82) is 4.78 Å². The predicted octanol–water partition coefficient (Wildman–Crippen LogP) is -0.378. The minimum atomic E-state index is -3.29. The van der Waals surface area contributed by atoms with Crippen LogP contribution in [-0.2, 0) is 15.5 Å². The Bertz CT molecular complexity index is 423. The fourth-order valence-electron chi connectivity index (χ4n) is 0.716. The molecule has 0 aliphatic heterocycles. The molecule has 0 fully saturated rings. The van der Waals surface area contributed by atoms with E-state index in [1.165, 1.54) is 13.1 Å². The number of rotatable bonds is 3. The average molecular weight is 237 g/mol. The molecule has 2 atom stereocenters. The maximum atomic E-state index is 11.1. The van der Waals surface area contributed by atoms with E-state index in [9.17, 15) is 9.32 Å². The van der Waals surface area contributed by atoms with Crippen LogP contribution in [0.2, 0.25) is 0 Å². The van der Waals surface area contributed by atoms with Crippen LogP contribution >= 0.6 is 11.3 Å². The summed E-state index contributed by atoms with van der Waals surface area (Å²) in [6, 6.07) is 0. The number of aliphatic hydroxyl groups excluding tert-OH is 1. The lowest BCUT2D eigenvalue weighted by molar-refractivity contribution is -0.00244. The maximum absolute atomic E-state index is 11.1. The van der Waals surface area contributed by atoms with Crippen LogP contribution in [0, 0.1) is 4.78 Å². The third-order valence-corrected chi connectivity index (χ3v) is 4.29. The van der Waals surface area contributed by atoms with Crippen LogP contribution in [-0.4, -0.2) is 26.0 Å². The average Bonchev–Trinajstić information content (AvgIpc) is 2.51. The molecule has 14 heavy (non-hydrogen) atoms. The van der Waals surface area contributed by atoms with Gasteiger partial charge >= 0.3 is 0 Å². The Hall–Kier alpha value is -0.540. The van der Waals surface area contributed by atoms with Crippen LogP contribution in [0.5, 0.6) is 0 Å². The molecule has 6 nitrogen and oxygen atoms in total. The largest absolute Gasteiger partial charge is 0.393 e. The highest BCUT2D eigenvalue weighted by atomic mass is 32.2. The first-order chi connectivity index (χ1) is 6.27. The number of hydrogen-bond donors (Lipinski definition) is 4. The molecule has 8 heteroatoms. The molecule has 0 radical (unpaired) electrons. The fraction of sp³-hybridized carbons (Fsp3) is 0.500. The van der Waals surface area contributed by atoms with Gasteiger partial charge in [0.2, 0.25) is 0 Å². The lowest BCUT2D eigenvalue weighted by Gasteiger charge is -2.16. The summed E-state index contributed by atoms with van der Waals surface area (Å²) in [5, 5.41) is 23.7. The van der Waals surface area contributed by atoms with Gasteiger partial charge in [0.25, 0.3) is 0 Å². The van der Waals surface area contributed by atoms with Gasteiger partial charge in [0.15, 0.2) is 0 Å². The Labute approximate surface area is 85.5 Å². The van der Waals surface area contributed by atoms with Crippen molar-refractivity contribution in [3.63, 3.8) is 0 Å². The standard InChI is InChI=1S/C6H11N3O3S2/c1-6(11,3-10)5-9-2-4(13-5)14(7,8)12/h2,10-11H,3H2,1H3,(H3,7,8,12). The summed E-state index contributed by atoms with van der Waals surface area (Å²) in [7, 11) is -3.29. The number of nitrogens with one attached hydrogen (secondary N) is 1. The maximum Gasteiger partial charge on any atom is 0.143 e. The zero-order chi connectivity index (χ0) is 11.0. The molecule has 1 heterocycles. The van der Waals surface area contributed by atoms with Gasteiger partial charge in [-0.2, -0.15) is 0 Å². The topological polar surface area (TPSA) is 120 Å². The molecule has 2 unspecified atom stereocenters. The first-order valence-electron chi connectivity index (χ1n) is 3.63. The Kier molecular flexibility index (Phi) is 2.93. The molecular weight excluding hydrogens is 226 g/mol. The Morgan fingerprint density at radius 2 is 2.43 bits per heavy atom. The molecule has 1 aromatic heterocycles. The van der Waals surface area contributed by atoms with Gasteiger partial charge in [0, 0.05) is 0 Å². The summed E-state index contributed by atoms with van der Waals surface area (Å²) < 4.78 is 18.3. The normalized spacial score (nSPS) is 20.0. The predicted molar refractivity (Wildman–Crippen MR) is 52.1 cm³/mol. The molecule has 0 saturated carbocycles. The first-order valence-corrected chi connectivity index (χ1v) is 6.07. The van der Waals surface area contributed by atoms with Crippen molar-refractivity contribution < 1.29 is 14.4 Å². The second kappa shape index (κ2) is 3.55. The van der Waals surface area contributed by atoms with Crippen LogP contribution in [0.4, 0.5) is 0 Å². The van der Waals surface area contributed by atoms with Crippen LogP contribution < -0.4 is 5.14 Å². The Balaban J connectivity index is 3.13. The highest BCUT2D eigenvalue weighted by Gasteiger charge is 2.26. The molecular formula is C6H11N3O3S2. The number of aliphatic hydroxyl groups is 2. The monoisotopic (exact) mass is 237 g/mol. The smallest absolute Gasteiger partial charge is 0.143 e. The molecule has 1 rings (SSSR count). The lowest BCUT2D eigenvalue weighted by atomic mass is 10.1. The molecule has 5 N–H and O–H groups in total. The number of nitrogens with two attached hydrogens (primary N) is 1. The van der Waals surface area contributed by atoms with E-state index < -0.39 is 22.1 Å². The van der Waals surface area contributed by atoms with E-state index >= 15 is 0 Å². The molecule has 1 aromatic rings. The van der Waals surface area contributed by atoms with Crippen molar-refractivity contribution >= 4 is 21.3 Å². The fourth-order valence-corrected chi connectivity index (χ4v) is 2.34. The number of aromatic nitrogens is 1.